The van der Waals surface area contributed by atoms with Gasteiger partial charge in [0.2, 0.25) is 7.29 Å². The zero-order valence-electron chi connectivity index (χ0n) is 13.7. The summed E-state index contributed by atoms with van der Waals surface area (Å²) in [6.07, 6.45) is 0.488. The first-order valence-corrected chi connectivity index (χ1v) is 9.15. The molecule has 23 heavy (non-hydrogen) atoms. The molecule has 0 bridgehead atoms. The van der Waals surface area contributed by atoms with Crippen LogP contribution in [-0.2, 0) is 11.0 Å². The molecule has 0 N–H and O–H groups in total. The summed E-state index contributed by atoms with van der Waals surface area (Å²) in [7, 11) is -3.22. The van der Waals surface area contributed by atoms with Crippen LogP contribution in [0.15, 0.2) is 95.8 Å². The maximum Gasteiger partial charge on any atom is 0.247 e. The van der Waals surface area contributed by atoms with Crippen LogP contribution in [0.25, 0.3) is 0 Å². The largest absolute Gasteiger partial charge is 0.288 e. The summed E-state index contributed by atoms with van der Waals surface area (Å²) < 4.78 is 26.3. The first-order chi connectivity index (χ1) is 11.7. The van der Waals surface area contributed by atoms with Crippen LogP contribution in [-0.4, -0.2) is 6.19 Å². The molecule has 3 heteroatoms. The van der Waals surface area contributed by atoms with Gasteiger partial charge in [-0.2, -0.15) is 0 Å². The summed E-state index contributed by atoms with van der Waals surface area (Å²) >= 11 is 0. The second-order valence-electron chi connectivity index (χ2n) is 5.17. The predicted octanol–water partition coefficient (Wildman–Crippen LogP) is 4.23. The summed E-state index contributed by atoms with van der Waals surface area (Å²) in [5.74, 6) is 0. The Kier molecular flexibility index (Phi) is 4.45. The average Bonchev–Trinajstić information content (AvgIpc) is 2.64. The molecule has 0 unspecified atom stereocenters. The zero-order chi connectivity index (χ0) is 16.8. The molecule has 0 saturated carbocycles. The van der Waals surface area contributed by atoms with Gasteiger partial charge in [-0.25, -0.2) is 4.76 Å². The second-order valence-corrected chi connectivity index (χ2v) is 7.55. The number of rotatable bonds is 5. The fraction of sp³-hybridized carbons (Fsp3) is 0.0500. The molecule has 0 aliphatic rings. The lowest BCUT2D eigenvalue weighted by atomic mass is 10.2. The standard InChI is InChI=1S/C20H18NOP/c22-23(19-12-6-2-7-13-19,20-14-8-3-9-15-20)21-17-16-18-10-4-1-5-11-18/h1-15,17H,16H2/b21-17-/i17D. The van der Waals surface area contributed by atoms with E-state index in [1.54, 1.807) is 0 Å². The van der Waals surface area contributed by atoms with Crippen molar-refractivity contribution in [1.29, 1.82) is 0 Å². The summed E-state index contributed by atoms with van der Waals surface area (Å²) in [6.45, 7) is 0. The van der Waals surface area contributed by atoms with Crippen LogP contribution in [0.2, 0.25) is 0 Å². The molecule has 0 heterocycles. The Bertz CT molecular complexity index is 820. The Hall–Kier alpha value is -2.44. The number of benzene rings is 3. The predicted molar refractivity (Wildman–Crippen MR) is 98.4 cm³/mol. The molecule has 3 aromatic rings. The minimum atomic E-state index is -3.22. The van der Waals surface area contributed by atoms with E-state index < -0.39 is 7.29 Å². The van der Waals surface area contributed by atoms with Gasteiger partial charge < -0.3 is 0 Å². The Morgan fingerprint density at radius 1 is 0.783 bits per heavy atom. The Morgan fingerprint density at radius 3 is 1.70 bits per heavy atom. The third-order valence-electron chi connectivity index (χ3n) is 3.55. The van der Waals surface area contributed by atoms with Gasteiger partial charge in [0.05, 0.1) is 1.37 Å². The molecule has 2 nitrogen and oxygen atoms in total. The molecule has 0 radical (unpaired) electrons. The molecule has 3 rings (SSSR count). The van der Waals surface area contributed by atoms with Crippen molar-refractivity contribution in [2.75, 3.05) is 0 Å². The minimum absolute atomic E-state index is 0.122. The van der Waals surface area contributed by atoms with Gasteiger partial charge in [0, 0.05) is 23.2 Å². The van der Waals surface area contributed by atoms with Gasteiger partial charge in [-0.1, -0.05) is 66.7 Å². The molecule has 0 aliphatic heterocycles. The number of nitrogens with zero attached hydrogens (tertiary/aromatic N) is 1. The molecule has 0 fully saturated rings. The second kappa shape index (κ2) is 7.21. The van der Waals surface area contributed by atoms with Gasteiger partial charge in [0.15, 0.2) is 0 Å². The summed E-state index contributed by atoms with van der Waals surface area (Å²) in [5.41, 5.74) is 0.985. The monoisotopic (exact) mass is 320 g/mol. The van der Waals surface area contributed by atoms with Gasteiger partial charge >= 0.3 is 0 Å². The summed E-state index contributed by atoms with van der Waals surface area (Å²) in [5, 5.41) is 1.29. The molecule has 0 spiro atoms. The quantitative estimate of drug-likeness (QED) is 0.511. The summed E-state index contributed by atoms with van der Waals surface area (Å²) in [6, 6.07) is 28.1. The maximum absolute atomic E-state index is 13.7. The third kappa shape index (κ3) is 3.67. The Labute approximate surface area is 138 Å². The van der Waals surface area contributed by atoms with Crippen molar-refractivity contribution in [1.82, 2.24) is 0 Å². The van der Waals surface area contributed by atoms with E-state index in [2.05, 4.69) is 4.76 Å². The van der Waals surface area contributed by atoms with E-state index in [9.17, 15) is 4.57 Å². The molecule has 0 amide bonds. The van der Waals surface area contributed by atoms with Crippen LogP contribution in [0, 0.1) is 0 Å². The molecular weight excluding hydrogens is 301 g/mol. The topological polar surface area (TPSA) is 29.4 Å². The normalized spacial score (nSPS) is 12.7. The van der Waals surface area contributed by atoms with Crippen LogP contribution in [0.1, 0.15) is 6.93 Å². The number of hydrogen-bond donors (Lipinski definition) is 0. The van der Waals surface area contributed by atoms with Gasteiger partial charge in [0.25, 0.3) is 0 Å². The zero-order valence-corrected chi connectivity index (χ0v) is 13.6. The fourth-order valence-electron chi connectivity index (χ4n) is 2.35. The van der Waals surface area contributed by atoms with Crippen LogP contribution < -0.4 is 10.6 Å². The SMILES string of the molecule is [2H]/C(Cc1ccccc1)=N/P(=O)(c1ccccc1)c1ccccc1. The van der Waals surface area contributed by atoms with Crippen molar-refractivity contribution in [3.8, 4) is 0 Å². The van der Waals surface area contributed by atoms with E-state index in [0.29, 0.717) is 17.0 Å². The average molecular weight is 320 g/mol. The fourth-order valence-corrected chi connectivity index (χ4v) is 4.30. The van der Waals surface area contributed by atoms with Gasteiger partial charge in [-0.3, -0.25) is 4.57 Å². The summed E-state index contributed by atoms with van der Waals surface area (Å²) in [4.78, 5) is 0. The molecule has 0 aromatic heterocycles. The van der Waals surface area contributed by atoms with Gasteiger partial charge in [-0.05, 0) is 29.8 Å². The minimum Gasteiger partial charge on any atom is -0.288 e. The van der Waals surface area contributed by atoms with Crippen molar-refractivity contribution in [2.45, 2.75) is 6.42 Å². The van der Waals surface area contributed by atoms with Gasteiger partial charge in [0.1, 0.15) is 0 Å². The molecule has 3 aromatic carbocycles. The number of hydrogen-bond acceptors (Lipinski definition) is 1. The van der Waals surface area contributed by atoms with Crippen molar-refractivity contribution >= 4 is 24.1 Å². The van der Waals surface area contributed by atoms with E-state index in [1.807, 2.05) is 91.0 Å². The molecule has 0 atom stereocenters. The highest BCUT2D eigenvalue weighted by Crippen LogP contribution is 2.44. The van der Waals surface area contributed by atoms with Crippen LogP contribution >= 0.6 is 7.29 Å². The Balaban J connectivity index is 2.03. The van der Waals surface area contributed by atoms with E-state index >= 15 is 0 Å². The lowest BCUT2D eigenvalue weighted by molar-refractivity contribution is 0.588. The molecule has 0 saturated heterocycles. The van der Waals surface area contributed by atoms with Crippen molar-refractivity contribution < 1.29 is 5.94 Å². The lowest BCUT2D eigenvalue weighted by Gasteiger charge is -2.14. The smallest absolute Gasteiger partial charge is 0.247 e. The highest BCUT2D eigenvalue weighted by Gasteiger charge is 2.25. The lowest BCUT2D eigenvalue weighted by Crippen LogP contribution is -2.14. The van der Waals surface area contributed by atoms with E-state index in [1.165, 1.54) is 0 Å². The first kappa shape index (κ1) is 14.2. The maximum atomic E-state index is 13.7. The van der Waals surface area contributed by atoms with Crippen molar-refractivity contribution in [2.24, 2.45) is 4.76 Å². The van der Waals surface area contributed by atoms with E-state index in [4.69, 9.17) is 1.37 Å². The highest BCUT2D eigenvalue weighted by atomic mass is 31.2. The first-order valence-electron chi connectivity index (χ1n) is 7.99. The van der Waals surface area contributed by atoms with Crippen LogP contribution in [0.4, 0.5) is 0 Å². The van der Waals surface area contributed by atoms with Crippen molar-refractivity contribution in [3.63, 3.8) is 0 Å². The van der Waals surface area contributed by atoms with E-state index in [-0.39, 0.29) is 6.19 Å². The van der Waals surface area contributed by atoms with E-state index in [0.717, 1.165) is 5.56 Å². The van der Waals surface area contributed by atoms with Crippen molar-refractivity contribution in [3.05, 3.63) is 96.6 Å². The van der Waals surface area contributed by atoms with Crippen LogP contribution in [0.5, 0.6) is 0 Å². The molecule has 0 aliphatic carbocycles. The molecule has 114 valence electrons. The third-order valence-corrected chi connectivity index (χ3v) is 5.97. The van der Waals surface area contributed by atoms with Crippen LogP contribution in [0.3, 0.4) is 0 Å². The highest BCUT2D eigenvalue weighted by molar-refractivity contribution is 7.77. The molecular formula is C20H18NOP. The van der Waals surface area contributed by atoms with Gasteiger partial charge in [-0.15, -0.1) is 0 Å². The Morgan fingerprint density at radius 2 is 1.22 bits per heavy atom.